The third kappa shape index (κ3) is 4.69. The fraction of sp³-hybridized carbons (Fsp3) is 0.867. The van der Waals surface area contributed by atoms with E-state index in [1.54, 1.807) is 0 Å². The Bertz CT molecular complexity index is 198. The molecular weight excluding hydrogens is 196 g/mol. The normalized spacial score (nSPS) is 30.3. The predicted molar refractivity (Wildman–Crippen MR) is 70.4 cm³/mol. The summed E-state index contributed by atoms with van der Waals surface area (Å²) in [7, 11) is 0. The maximum absolute atomic E-state index is 10.1. The Morgan fingerprint density at radius 3 is 2.38 bits per heavy atom. The number of hydrogen-bond donors (Lipinski definition) is 1. The van der Waals surface area contributed by atoms with Gasteiger partial charge < -0.3 is 5.11 Å². The number of hydrogen-bond acceptors (Lipinski definition) is 1. The van der Waals surface area contributed by atoms with Crippen molar-refractivity contribution in [3.05, 3.63) is 12.2 Å². The lowest BCUT2D eigenvalue weighted by Crippen LogP contribution is -2.17. The maximum atomic E-state index is 10.1. The van der Waals surface area contributed by atoms with Gasteiger partial charge >= 0.3 is 0 Å². The number of aliphatic hydroxyl groups excluding tert-OH is 1. The van der Waals surface area contributed by atoms with Crippen molar-refractivity contribution in [2.45, 2.75) is 71.3 Å². The van der Waals surface area contributed by atoms with Crippen LogP contribution in [0.25, 0.3) is 0 Å². The van der Waals surface area contributed by atoms with Gasteiger partial charge in [0, 0.05) is 5.92 Å². The first-order valence-corrected chi connectivity index (χ1v) is 7.14. The highest BCUT2D eigenvalue weighted by molar-refractivity contribution is 4.98. The van der Waals surface area contributed by atoms with Crippen LogP contribution in [0.3, 0.4) is 0 Å². The van der Waals surface area contributed by atoms with Crippen LogP contribution in [0.5, 0.6) is 0 Å². The number of rotatable bonds is 6. The van der Waals surface area contributed by atoms with Gasteiger partial charge in [-0.1, -0.05) is 51.7 Å². The molecule has 0 heterocycles. The van der Waals surface area contributed by atoms with Gasteiger partial charge in [0.25, 0.3) is 0 Å². The van der Waals surface area contributed by atoms with Crippen LogP contribution in [0, 0.1) is 11.8 Å². The van der Waals surface area contributed by atoms with Gasteiger partial charge in [-0.3, -0.25) is 0 Å². The summed E-state index contributed by atoms with van der Waals surface area (Å²) in [5.74, 6) is 1.15. The van der Waals surface area contributed by atoms with Crippen LogP contribution in [-0.2, 0) is 0 Å². The maximum Gasteiger partial charge on any atom is 0.0603 e. The zero-order valence-electron chi connectivity index (χ0n) is 11.0. The molecule has 0 bridgehead atoms. The van der Waals surface area contributed by atoms with Gasteiger partial charge in [-0.15, -0.1) is 0 Å². The molecule has 3 atom stereocenters. The molecule has 1 aliphatic rings. The second kappa shape index (κ2) is 7.89. The summed E-state index contributed by atoms with van der Waals surface area (Å²) in [6, 6.07) is 0. The van der Waals surface area contributed by atoms with Crippen molar-refractivity contribution in [1.82, 2.24) is 0 Å². The lowest BCUT2D eigenvalue weighted by molar-refractivity contribution is 0.113. The second-order valence-electron chi connectivity index (χ2n) is 5.24. The molecule has 0 fully saturated rings. The molecule has 1 N–H and O–H groups in total. The first-order chi connectivity index (χ1) is 7.77. The van der Waals surface area contributed by atoms with Crippen LogP contribution in [0.15, 0.2) is 12.2 Å². The molecule has 0 spiro atoms. The van der Waals surface area contributed by atoms with E-state index in [0.717, 1.165) is 18.8 Å². The molecule has 0 aromatic carbocycles. The summed E-state index contributed by atoms with van der Waals surface area (Å²) >= 11 is 0. The molecule has 0 aliphatic heterocycles. The van der Waals surface area contributed by atoms with Gasteiger partial charge in [-0.25, -0.2) is 0 Å². The van der Waals surface area contributed by atoms with E-state index in [1.165, 1.54) is 38.5 Å². The Hall–Kier alpha value is -0.300. The minimum absolute atomic E-state index is 0.0885. The summed E-state index contributed by atoms with van der Waals surface area (Å²) in [6.07, 6.45) is 14.3. The zero-order valence-corrected chi connectivity index (χ0v) is 11.0. The molecule has 16 heavy (non-hydrogen) atoms. The Balaban J connectivity index is 2.41. The van der Waals surface area contributed by atoms with Gasteiger partial charge in [-0.2, -0.15) is 0 Å². The van der Waals surface area contributed by atoms with Crippen molar-refractivity contribution in [3.8, 4) is 0 Å². The highest BCUT2D eigenvalue weighted by atomic mass is 16.3. The third-order valence-corrected chi connectivity index (χ3v) is 3.78. The van der Waals surface area contributed by atoms with Crippen LogP contribution in [0.2, 0.25) is 0 Å². The molecule has 0 radical (unpaired) electrons. The topological polar surface area (TPSA) is 20.2 Å². The fourth-order valence-electron chi connectivity index (χ4n) is 2.56. The third-order valence-electron chi connectivity index (χ3n) is 3.78. The second-order valence-corrected chi connectivity index (χ2v) is 5.24. The van der Waals surface area contributed by atoms with Crippen molar-refractivity contribution in [3.63, 3.8) is 0 Å². The molecule has 1 aliphatic carbocycles. The van der Waals surface area contributed by atoms with Crippen LogP contribution < -0.4 is 0 Å². The van der Waals surface area contributed by atoms with Crippen molar-refractivity contribution in [2.24, 2.45) is 11.8 Å². The molecule has 3 unspecified atom stereocenters. The largest absolute Gasteiger partial charge is 0.393 e. The Kier molecular flexibility index (Phi) is 6.79. The summed E-state index contributed by atoms with van der Waals surface area (Å²) < 4.78 is 0. The van der Waals surface area contributed by atoms with Crippen LogP contribution in [0.1, 0.15) is 65.2 Å². The molecule has 1 heteroatoms. The Morgan fingerprint density at radius 2 is 1.69 bits per heavy atom. The highest BCUT2D eigenvalue weighted by Crippen LogP contribution is 2.27. The monoisotopic (exact) mass is 224 g/mol. The van der Waals surface area contributed by atoms with Crippen LogP contribution in [-0.4, -0.2) is 11.2 Å². The molecule has 1 rings (SSSR count). The molecular formula is C15H28O. The number of aliphatic hydroxyl groups is 1. The Labute approximate surface area is 101 Å². The average molecular weight is 224 g/mol. The summed E-state index contributed by atoms with van der Waals surface area (Å²) in [4.78, 5) is 0. The fourth-order valence-corrected chi connectivity index (χ4v) is 2.56. The van der Waals surface area contributed by atoms with E-state index in [1.807, 2.05) is 0 Å². The molecule has 1 nitrogen and oxygen atoms in total. The van der Waals surface area contributed by atoms with Crippen LogP contribution in [0.4, 0.5) is 0 Å². The van der Waals surface area contributed by atoms with E-state index in [4.69, 9.17) is 0 Å². The van der Waals surface area contributed by atoms with Crippen LogP contribution >= 0.6 is 0 Å². The Morgan fingerprint density at radius 1 is 1.00 bits per heavy atom. The van der Waals surface area contributed by atoms with Gasteiger partial charge in [0.1, 0.15) is 0 Å². The van der Waals surface area contributed by atoms with E-state index in [0.29, 0.717) is 5.92 Å². The molecule has 0 amide bonds. The van der Waals surface area contributed by atoms with Gasteiger partial charge in [-0.05, 0) is 31.6 Å². The minimum atomic E-state index is -0.0885. The molecule has 0 aromatic rings. The van der Waals surface area contributed by atoms with E-state index < -0.39 is 0 Å². The first kappa shape index (κ1) is 13.8. The molecule has 94 valence electrons. The smallest absolute Gasteiger partial charge is 0.0603 e. The predicted octanol–water partition coefficient (Wildman–Crippen LogP) is 4.31. The average Bonchev–Trinajstić information content (AvgIpc) is 2.47. The highest BCUT2D eigenvalue weighted by Gasteiger charge is 2.20. The van der Waals surface area contributed by atoms with E-state index >= 15 is 0 Å². The summed E-state index contributed by atoms with van der Waals surface area (Å²) in [6.45, 7) is 4.47. The van der Waals surface area contributed by atoms with Crippen molar-refractivity contribution in [1.29, 1.82) is 0 Å². The van der Waals surface area contributed by atoms with Crippen molar-refractivity contribution >= 4 is 0 Å². The standard InChI is InChI=1S/C15H28O/c1-3-5-7-13-9-11-14(8-6-4-2)15(16)12-10-13/h9,11,13-16H,3-8,10,12H2,1-2H3. The summed E-state index contributed by atoms with van der Waals surface area (Å²) in [5, 5.41) is 10.1. The van der Waals surface area contributed by atoms with Gasteiger partial charge in [0.15, 0.2) is 0 Å². The van der Waals surface area contributed by atoms with Crippen molar-refractivity contribution in [2.75, 3.05) is 0 Å². The lowest BCUT2D eigenvalue weighted by Gasteiger charge is -2.17. The number of unbranched alkanes of at least 4 members (excludes halogenated alkanes) is 2. The van der Waals surface area contributed by atoms with Gasteiger partial charge in [0.05, 0.1) is 6.10 Å². The van der Waals surface area contributed by atoms with E-state index in [9.17, 15) is 5.11 Å². The molecule has 0 saturated carbocycles. The first-order valence-electron chi connectivity index (χ1n) is 7.14. The molecule has 0 aromatic heterocycles. The summed E-state index contributed by atoms with van der Waals surface area (Å²) in [5.41, 5.74) is 0. The van der Waals surface area contributed by atoms with Gasteiger partial charge in [0.2, 0.25) is 0 Å². The zero-order chi connectivity index (χ0) is 11.8. The number of allylic oxidation sites excluding steroid dienone is 1. The SMILES string of the molecule is CCCCC1C=CC(CCCC)C(O)CC1. The quantitative estimate of drug-likeness (QED) is 0.667. The lowest BCUT2D eigenvalue weighted by atomic mass is 9.94. The minimum Gasteiger partial charge on any atom is -0.393 e. The van der Waals surface area contributed by atoms with E-state index in [-0.39, 0.29) is 6.10 Å². The molecule has 0 saturated heterocycles. The van der Waals surface area contributed by atoms with E-state index in [2.05, 4.69) is 26.0 Å². The van der Waals surface area contributed by atoms with Crippen molar-refractivity contribution < 1.29 is 5.11 Å².